The molecule has 0 unspecified atom stereocenters. The smallest absolute Gasteiger partial charge is 0.306 e. The van der Waals surface area contributed by atoms with E-state index in [0.29, 0.717) is 19.4 Å². The van der Waals surface area contributed by atoms with E-state index in [-0.39, 0.29) is 17.8 Å². The first-order valence-electron chi connectivity index (χ1n) is 6.20. The lowest BCUT2D eigenvalue weighted by atomic mass is 9.99. The molecule has 6 nitrogen and oxygen atoms in total. The zero-order chi connectivity index (χ0) is 14.7. The van der Waals surface area contributed by atoms with E-state index >= 15 is 0 Å². The third-order valence-electron chi connectivity index (χ3n) is 3.38. The van der Waals surface area contributed by atoms with Crippen LogP contribution in [0.15, 0.2) is 0 Å². The molecule has 112 valence electrons. The molecule has 1 saturated heterocycles. The Bertz CT molecular complexity index is 414. The number of hydrogen-bond acceptors (Lipinski definition) is 4. The molecular weight excluding hydrogens is 288 g/mol. The quantitative estimate of drug-likeness (QED) is 0.756. The van der Waals surface area contributed by atoms with Crippen molar-refractivity contribution in [3.8, 4) is 0 Å². The third-order valence-corrected chi connectivity index (χ3v) is 6.18. The highest BCUT2D eigenvalue weighted by molar-refractivity contribution is 8.00. The van der Waals surface area contributed by atoms with Crippen molar-refractivity contribution in [1.29, 1.82) is 0 Å². The maximum absolute atomic E-state index is 12.1. The first-order valence-corrected chi connectivity index (χ1v) is 8.87. The van der Waals surface area contributed by atoms with Crippen molar-refractivity contribution >= 4 is 27.9 Å². The summed E-state index contributed by atoms with van der Waals surface area (Å²) in [6.07, 6.45) is 2.69. The summed E-state index contributed by atoms with van der Waals surface area (Å²) in [6.45, 7) is 4.83. The molecular formula is C11H22N2O4S2. The number of carbonyl (C=O) groups is 1. The highest BCUT2D eigenvalue weighted by atomic mass is 32.2. The lowest BCUT2D eigenvalue weighted by Gasteiger charge is -2.31. The van der Waals surface area contributed by atoms with Gasteiger partial charge in [-0.2, -0.15) is 24.5 Å². The lowest BCUT2D eigenvalue weighted by molar-refractivity contribution is -0.142. The van der Waals surface area contributed by atoms with E-state index in [0.717, 1.165) is 0 Å². The van der Waals surface area contributed by atoms with E-state index in [9.17, 15) is 13.2 Å². The summed E-state index contributed by atoms with van der Waals surface area (Å²) < 4.78 is 27.9. The largest absolute Gasteiger partial charge is 0.481 e. The Morgan fingerprint density at radius 3 is 2.37 bits per heavy atom. The van der Waals surface area contributed by atoms with Crippen molar-refractivity contribution in [2.45, 2.75) is 31.4 Å². The number of aliphatic carboxylic acids is 1. The van der Waals surface area contributed by atoms with Crippen LogP contribution >= 0.6 is 11.8 Å². The van der Waals surface area contributed by atoms with Crippen LogP contribution in [0, 0.1) is 5.92 Å². The van der Waals surface area contributed by atoms with Gasteiger partial charge in [-0.3, -0.25) is 4.79 Å². The van der Waals surface area contributed by atoms with Gasteiger partial charge in [0.1, 0.15) is 0 Å². The Balaban J connectivity index is 2.54. The Hall–Kier alpha value is -0.310. The van der Waals surface area contributed by atoms with Crippen LogP contribution in [-0.4, -0.2) is 54.4 Å². The molecule has 0 aliphatic carbocycles. The number of thioether (sulfide) groups is 1. The van der Waals surface area contributed by atoms with Crippen molar-refractivity contribution in [2.75, 3.05) is 25.9 Å². The number of carboxylic acids is 1. The Morgan fingerprint density at radius 2 is 1.95 bits per heavy atom. The van der Waals surface area contributed by atoms with Crippen molar-refractivity contribution in [2.24, 2.45) is 5.92 Å². The van der Waals surface area contributed by atoms with E-state index in [1.54, 1.807) is 11.8 Å². The van der Waals surface area contributed by atoms with Gasteiger partial charge in [0.05, 0.1) is 5.92 Å². The fourth-order valence-electron chi connectivity index (χ4n) is 1.77. The fraction of sp³-hybridized carbons (Fsp3) is 0.909. The van der Waals surface area contributed by atoms with Crippen molar-refractivity contribution in [3.05, 3.63) is 0 Å². The minimum Gasteiger partial charge on any atom is -0.481 e. The highest BCUT2D eigenvalue weighted by Gasteiger charge is 2.31. The molecule has 8 heteroatoms. The number of carboxylic acid groups (broad SMARTS) is 1. The minimum absolute atomic E-state index is 0.160. The van der Waals surface area contributed by atoms with Crippen molar-refractivity contribution in [3.63, 3.8) is 0 Å². The first kappa shape index (κ1) is 16.7. The zero-order valence-electron chi connectivity index (χ0n) is 11.5. The molecule has 0 saturated carbocycles. The minimum atomic E-state index is -3.50. The normalized spacial score (nSPS) is 19.5. The second-order valence-electron chi connectivity index (χ2n) is 5.30. The second kappa shape index (κ2) is 6.43. The second-order valence-corrected chi connectivity index (χ2v) is 8.57. The van der Waals surface area contributed by atoms with Gasteiger partial charge in [-0.25, -0.2) is 4.72 Å². The summed E-state index contributed by atoms with van der Waals surface area (Å²) in [6, 6.07) is 0. The van der Waals surface area contributed by atoms with Crippen LogP contribution in [0.3, 0.4) is 0 Å². The molecule has 0 aromatic carbocycles. The van der Waals surface area contributed by atoms with E-state index in [1.807, 2.05) is 20.1 Å². The van der Waals surface area contributed by atoms with E-state index in [2.05, 4.69) is 4.72 Å². The van der Waals surface area contributed by atoms with Gasteiger partial charge in [0, 0.05) is 24.4 Å². The highest BCUT2D eigenvalue weighted by Crippen LogP contribution is 2.22. The standard InChI is InChI=1S/C11H22N2O4S2/c1-11(2,18-3)8-12-19(16,17)13-6-4-9(5-7-13)10(14)15/h9,12H,4-8H2,1-3H3,(H,14,15). The molecule has 0 amide bonds. The van der Waals surface area contributed by atoms with Crippen molar-refractivity contribution in [1.82, 2.24) is 9.03 Å². The van der Waals surface area contributed by atoms with Crippen LogP contribution in [0.5, 0.6) is 0 Å². The molecule has 0 atom stereocenters. The molecule has 0 spiro atoms. The van der Waals surface area contributed by atoms with Gasteiger partial charge in [-0.15, -0.1) is 0 Å². The van der Waals surface area contributed by atoms with Crippen LogP contribution < -0.4 is 4.72 Å². The number of rotatable bonds is 6. The monoisotopic (exact) mass is 310 g/mol. The molecule has 1 aliphatic heterocycles. The molecule has 0 aromatic heterocycles. The fourth-order valence-corrected chi connectivity index (χ4v) is 3.50. The van der Waals surface area contributed by atoms with Gasteiger partial charge in [0.15, 0.2) is 0 Å². The molecule has 1 rings (SSSR count). The summed E-state index contributed by atoms with van der Waals surface area (Å²) in [5.41, 5.74) is 0. The first-order chi connectivity index (χ1) is 8.68. The van der Waals surface area contributed by atoms with Gasteiger partial charge in [0.2, 0.25) is 0 Å². The zero-order valence-corrected chi connectivity index (χ0v) is 13.2. The predicted molar refractivity (Wildman–Crippen MR) is 76.4 cm³/mol. The summed E-state index contributed by atoms with van der Waals surface area (Å²) in [4.78, 5) is 10.8. The number of piperidine rings is 1. The topological polar surface area (TPSA) is 86.7 Å². The Labute approximate surface area is 119 Å². The maximum atomic E-state index is 12.1. The van der Waals surface area contributed by atoms with E-state index in [1.165, 1.54) is 4.31 Å². The van der Waals surface area contributed by atoms with Gasteiger partial charge in [-0.1, -0.05) is 0 Å². The molecule has 1 fully saturated rings. The number of nitrogens with one attached hydrogen (secondary N) is 1. The van der Waals surface area contributed by atoms with E-state index in [4.69, 9.17) is 5.11 Å². The molecule has 19 heavy (non-hydrogen) atoms. The summed E-state index contributed by atoms with van der Waals surface area (Å²) in [7, 11) is -3.50. The average Bonchev–Trinajstić information content (AvgIpc) is 2.37. The molecule has 0 radical (unpaired) electrons. The van der Waals surface area contributed by atoms with Crippen molar-refractivity contribution < 1.29 is 18.3 Å². The summed E-state index contributed by atoms with van der Waals surface area (Å²) in [5, 5.41) is 8.88. The molecule has 0 bridgehead atoms. The van der Waals surface area contributed by atoms with Crippen LogP contribution in [-0.2, 0) is 15.0 Å². The summed E-state index contributed by atoms with van der Waals surface area (Å²) >= 11 is 1.60. The van der Waals surface area contributed by atoms with Gasteiger partial charge >= 0.3 is 5.97 Å². The van der Waals surface area contributed by atoms with Crippen LogP contribution in [0.25, 0.3) is 0 Å². The van der Waals surface area contributed by atoms with Gasteiger partial charge in [0.25, 0.3) is 10.2 Å². The lowest BCUT2D eigenvalue weighted by Crippen LogP contribution is -2.48. The van der Waals surface area contributed by atoms with Crippen LogP contribution in [0.4, 0.5) is 0 Å². The number of nitrogens with zero attached hydrogens (tertiary/aromatic N) is 1. The molecule has 0 aromatic rings. The summed E-state index contributed by atoms with van der Waals surface area (Å²) in [5.74, 6) is -1.26. The van der Waals surface area contributed by atoms with Gasteiger partial charge < -0.3 is 5.11 Å². The van der Waals surface area contributed by atoms with Crippen LogP contribution in [0.1, 0.15) is 26.7 Å². The van der Waals surface area contributed by atoms with E-state index < -0.39 is 22.1 Å². The predicted octanol–water partition coefficient (Wildman–Crippen LogP) is 0.759. The Kier molecular flexibility index (Phi) is 5.66. The van der Waals surface area contributed by atoms with Crippen LogP contribution in [0.2, 0.25) is 0 Å². The maximum Gasteiger partial charge on any atom is 0.306 e. The average molecular weight is 310 g/mol. The molecule has 1 aliphatic rings. The third kappa shape index (κ3) is 4.94. The Morgan fingerprint density at radius 1 is 1.42 bits per heavy atom. The number of hydrogen-bond donors (Lipinski definition) is 2. The van der Waals surface area contributed by atoms with Gasteiger partial charge in [-0.05, 0) is 32.9 Å². The SMILES string of the molecule is CSC(C)(C)CNS(=O)(=O)N1CCC(C(=O)O)CC1. The molecule has 2 N–H and O–H groups in total. The molecule has 1 heterocycles.